The molecular weight excluding hydrogens is 276 g/mol. The zero-order valence-corrected chi connectivity index (χ0v) is 11.4. The first-order chi connectivity index (χ1) is 9.76. The van der Waals surface area contributed by atoms with E-state index >= 15 is 0 Å². The molecule has 0 aliphatic rings. The van der Waals surface area contributed by atoms with Gasteiger partial charge in [0.05, 0.1) is 5.02 Å². The SMILES string of the molecule is NCc1ccc2nc(COc3ccccc3Cl)oc2c1. The van der Waals surface area contributed by atoms with Crippen LogP contribution in [0, 0.1) is 0 Å². The second-order valence-corrected chi connectivity index (χ2v) is 4.74. The molecule has 102 valence electrons. The molecule has 2 N–H and O–H groups in total. The van der Waals surface area contributed by atoms with Crippen LogP contribution in [0.1, 0.15) is 11.5 Å². The van der Waals surface area contributed by atoms with Crippen LogP contribution in [-0.4, -0.2) is 4.98 Å². The molecule has 0 amide bonds. The molecule has 0 saturated heterocycles. The van der Waals surface area contributed by atoms with Crippen molar-refractivity contribution in [3.8, 4) is 5.75 Å². The Kier molecular flexibility index (Phi) is 3.58. The Morgan fingerprint density at radius 3 is 2.85 bits per heavy atom. The van der Waals surface area contributed by atoms with Crippen LogP contribution < -0.4 is 10.5 Å². The van der Waals surface area contributed by atoms with Crippen LogP contribution in [0.3, 0.4) is 0 Å². The minimum Gasteiger partial charge on any atom is -0.482 e. The first kappa shape index (κ1) is 13.0. The number of oxazole rings is 1. The molecule has 0 saturated carbocycles. The zero-order valence-electron chi connectivity index (χ0n) is 10.7. The Bertz CT molecular complexity index is 740. The summed E-state index contributed by atoms with van der Waals surface area (Å²) in [6.07, 6.45) is 0. The van der Waals surface area contributed by atoms with E-state index in [-0.39, 0.29) is 6.61 Å². The minimum atomic E-state index is 0.233. The highest BCUT2D eigenvalue weighted by atomic mass is 35.5. The van der Waals surface area contributed by atoms with Crippen molar-refractivity contribution in [1.82, 2.24) is 4.98 Å². The number of aromatic nitrogens is 1. The molecule has 1 heterocycles. The fraction of sp³-hybridized carbons (Fsp3) is 0.133. The lowest BCUT2D eigenvalue weighted by Gasteiger charge is -2.04. The maximum absolute atomic E-state index is 6.02. The highest BCUT2D eigenvalue weighted by Crippen LogP contribution is 2.25. The van der Waals surface area contributed by atoms with Gasteiger partial charge in [-0.15, -0.1) is 0 Å². The van der Waals surface area contributed by atoms with Crippen molar-refractivity contribution in [3.63, 3.8) is 0 Å². The van der Waals surface area contributed by atoms with Gasteiger partial charge in [0.1, 0.15) is 11.3 Å². The molecule has 4 nitrogen and oxygen atoms in total. The van der Waals surface area contributed by atoms with Crippen LogP contribution in [0.5, 0.6) is 5.75 Å². The summed E-state index contributed by atoms with van der Waals surface area (Å²) in [5.74, 6) is 1.12. The average molecular weight is 289 g/mol. The zero-order chi connectivity index (χ0) is 13.9. The molecule has 0 fully saturated rings. The van der Waals surface area contributed by atoms with Gasteiger partial charge in [0.25, 0.3) is 0 Å². The molecule has 0 aliphatic carbocycles. The number of para-hydroxylation sites is 1. The number of fused-ring (bicyclic) bond motifs is 1. The smallest absolute Gasteiger partial charge is 0.233 e. The summed E-state index contributed by atoms with van der Waals surface area (Å²) in [4.78, 5) is 4.36. The number of nitrogens with two attached hydrogens (primary N) is 1. The lowest BCUT2D eigenvalue weighted by atomic mass is 10.2. The van der Waals surface area contributed by atoms with E-state index in [0.29, 0.717) is 28.8 Å². The maximum Gasteiger partial charge on any atom is 0.233 e. The van der Waals surface area contributed by atoms with Crippen molar-refractivity contribution >= 4 is 22.7 Å². The number of rotatable bonds is 4. The average Bonchev–Trinajstić information content (AvgIpc) is 2.88. The molecule has 3 rings (SSSR count). The van der Waals surface area contributed by atoms with E-state index in [1.54, 1.807) is 12.1 Å². The summed E-state index contributed by atoms with van der Waals surface area (Å²) in [7, 11) is 0. The van der Waals surface area contributed by atoms with Gasteiger partial charge in [-0.3, -0.25) is 0 Å². The number of ether oxygens (including phenoxy) is 1. The molecular formula is C15H13ClN2O2. The highest BCUT2D eigenvalue weighted by Gasteiger charge is 2.08. The van der Waals surface area contributed by atoms with Gasteiger partial charge >= 0.3 is 0 Å². The van der Waals surface area contributed by atoms with E-state index < -0.39 is 0 Å². The Morgan fingerprint density at radius 1 is 1.20 bits per heavy atom. The maximum atomic E-state index is 6.02. The van der Waals surface area contributed by atoms with Gasteiger partial charge in [-0.05, 0) is 29.8 Å². The van der Waals surface area contributed by atoms with Crippen molar-refractivity contribution in [3.05, 3.63) is 58.9 Å². The molecule has 20 heavy (non-hydrogen) atoms. The van der Waals surface area contributed by atoms with Crippen LogP contribution >= 0.6 is 11.6 Å². The minimum absolute atomic E-state index is 0.233. The summed E-state index contributed by atoms with van der Waals surface area (Å²) >= 11 is 6.02. The Balaban J connectivity index is 1.79. The first-order valence-corrected chi connectivity index (χ1v) is 6.60. The molecule has 0 bridgehead atoms. The van der Waals surface area contributed by atoms with Gasteiger partial charge < -0.3 is 14.9 Å². The van der Waals surface area contributed by atoms with Gasteiger partial charge in [0.2, 0.25) is 5.89 Å². The van der Waals surface area contributed by atoms with Gasteiger partial charge in [-0.25, -0.2) is 4.98 Å². The molecule has 0 atom stereocenters. The normalized spacial score (nSPS) is 10.9. The fourth-order valence-corrected chi connectivity index (χ4v) is 2.10. The second-order valence-electron chi connectivity index (χ2n) is 4.33. The monoisotopic (exact) mass is 288 g/mol. The molecule has 0 spiro atoms. The van der Waals surface area contributed by atoms with Crippen molar-refractivity contribution in [2.75, 3.05) is 0 Å². The van der Waals surface area contributed by atoms with Crippen molar-refractivity contribution in [2.45, 2.75) is 13.2 Å². The number of halogens is 1. The predicted molar refractivity (Wildman–Crippen MR) is 77.7 cm³/mol. The topological polar surface area (TPSA) is 61.3 Å². The molecule has 0 radical (unpaired) electrons. The third-order valence-corrected chi connectivity index (χ3v) is 3.23. The highest BCUT2D eigenvalue weighted by molar-refractivity contribution is 6.32. The van der Waals surface area contributed by atoms with E-state index in [1.807, 2.05) is 30.3 Å². The first-order valence-electron chi connectivity index (χ1n) is 6.22. The lowest BCUT2D eigenvalue weighted by Crippen LogP contribution is -1.95. The van der Waals surface area contributed by atoms with Gasteiger partial charge in [-0.2, -0.15) is 0 Å². The summed E-state index contributed by atoms with van der Waals surface area (Å²) in [5, 5.41) is 0.564. The van der Waals surface area contributed by atoms with Crippen LogP contribution in [0.15, 0.2) is 46.9 Å². The third kappa shape index (κ3) is 2.61. The summed E-state index contributed by atoms with van der Waals surface area (Å²) < 4.78 is 11.2. The molecule has 3 aromatic rings. The van der Waals surface area contributed by atoms with E-state index in [4.69, 9.17) is 26.5 Å². The number of nitrogens with zero attached hydrogens (tertiary/aromatic N) is 1. The summed E-state index contributed by atoms with van der Waals surface area (Å²) in [6.45, 7) is 0.707. The van der Waals surface area contributed by atoms with Crippen LogP contribution in [0.25, 0.3) is 11.1 Å². The van der Waals surface area contributed by atoms with Crippen molar-refractivity contribution in [1.29, 1.82) is 0 Å². The van der Waals surface area contributed by atoms with Crippen LogP contribution in [-0.2, 0) is 13.2 Å². The Morgan fingerprint density at radius 2 is 2.05 bits per heavy atom. The third-order valence-electron chi connectivity index (χ3n) is 2.92. The Labute approximate surface area is 121 Å². The number of hydrogen-bond donors (Lipinski definition) is 1. The molecule has 0 aliphatic heterocycles. The van der Waals surface area contributed by atoms with E-state index in [1.165, 1.54) is 0 Å². The van der Waals surface area contributed by atoms with E-state index in [2.05, 4.69) is 4.98 Å². The molecule has 0 unspecified atom stereocenters. The van der Waals surface area contributed by atoms with E-state index in [0.717, 1.165) is 11.1 Å². The fourth-order valence-electron chi connectivity index (χ4n) is 1.91. The number of hydrogen-bond acceptors (Lipinski definition) is 4. The largest absolute Gasteiger partial charge is 0.482 e. The van der Waals surface area contributed by atoms with Crippen molar-refractivity contribution in [2.24, 2.45) is 5.73 Å². The predicted octanol–water partition coefficient (Wildman–Crippen LogP) is 3.52. The van der Waals surface area contributed by atoms with Gasteiger partial charge in [-0.1, -0.05) is 29.8 Å². The van der Waals surface area contributed by atoms with Gasteiger partial charge in [0, 0.05) is 6.54 Å². The summed E-state index contributed by atoms with van der Waals surface area (Å²) in [5.41, 5.74) is 8.11. The summed E-state index contributed by atoms with van der Waals surface area (Å²) in [6, 6.07) is 13.0. The Hall–Kier alpha value is -2.04. The van der Waals surface area contributed by atoms with Crippen LogP contribution in [0.4, 0.5) is 0 Å². The standard InChI is InChI=1S/C15H13ClN2O2/c16-11-3-1-2-4-13(11)19-9-15-18-12-6-5-10(8-17)7-14(12)20-15/h1-7H,8-9,17H2. The lowest BCUT2D eigenvalue weighted by molar-refractivity contribution is 0.267. The molecule has 5 heteroatoms. The van der Waals surface area contributed by atoms with Crippen LogP contribution in [0.2, 0.25) is 5.02 Å². The molecule has 1 aromatic heterocycles. The molecule has 2 aromatic carbocycles. The van der Waals surface area contributed by atoms with Crippen molar-refractivity contribution < 1.29 is 9.15 Å². The number of benzene rings is 2. The quantitative estimate of drug-likeness (QED) is 0.798. The second kappa shape index (κ2) is 5.53. The van der Waals surface area contributed by atoms with Gasteiger partial charge in [0.15, 0.2) is 12.2 Å². The van der Waals surface area contributed by atoms with E-state index in [9.17, 15) is 0 Å².